The molecule has 175 valence electrons. The molecule has 5 heteroatoms. The number of nitrogens with zero attached hydrogens (tertiary/aromatic N) is 2. The van der Waals surface area contributed by atoms with Gasteiger partial charge in [0, 0.05) is 30.9 Å². The molecule has 1 aliphatic rings. The number of rotatable bonds is 2. The molecule has 0 amide bonds. The maximum atomic E-state index is 10.6. The molecule has 7 rings (SSSR count). The molecular formula is C31H19IrN2O2-. The Hall–Kier alpha value is -4.18. The van der Waals surface area contributed by atoms with E-state index >= 15 is 0 Å². The number of hydrogen-bond acceptors (Lipinski definition) is 3. The zero-order valence-electron chi connectivity index (χ0n) is 19.0. The van der Waals surface area contributed by atoms with E-state index in [4.69, 9.17) is 10.1 Å². The smallest absolute Gasteiger partial charge is 0.354 e. The second-order valence-corrected chi connectivity index (χ2v) is 8.27. The van der Waals surface area contributed by atoms with Gasteiger partial charge in [-0.1, -0.05) is 66.7 Å². The van der Waals surface area contributed by atoms with Crippen molar-refractivity contribution in [1.82, 2.24) is 9.97 Å². The minimum absolute atomic E-state index is 0. The van der Waals surface area contributed by atoms with E-state index in [2.05, 4.69) is 65.6 Å². The summed E-state index contributed by atoms with van der Waals surface area (Å²) in [6.07, 6.45) is 0. The SMILES string of the molecule is O=C(O)c1ccc2ccccc2n1.[Ir].[c-]1ccccc1-c1cc2c3c(cccc3n1)-c1ccccc1-2. The molecule has 1 N–H and O–H groups in total. The number of carboxylic acid groups (broad SMARTS) is 1. The molecule has 2 heterocycles. The van der Waals surface area contributed by atoms with Crippen molar-refractivity contribution in [1.29, 1.82) is 0 Å². The molecule has 4 aromatic carbocycles. The molecule has 2 aromatic heterocycles. The first-order valence-electron chi connectivity index (χ1n) is 11.3. The number of aromatic carboxylic acids is 1. The van der Waals surface area contributed by atoms with Gasteiger partial charge in [-0.3, -0.25) is 4.98 Å². The van der Waals surface area contributed by atoms with E-state index in [0.717, 1.165) is 22.2 Å². The summed E-state index contributed by atoms with van der Waals surface area (Å²) in [5, 5.41) is 10.9. The molecule has 6 aromatic rings. The van der Waals surface area contributed by atoms with Gasteiger partial charge in [0.15, 0.2) is 0 Å². The number of pyridine rings is 2. The van der Waals surface area contributed by atoms with E-state index in [1.165, 1.54) is 33.7 Å². The van der Waals surface area contributed by atoms with Crippen molar-refractivity contribution in [3.63, 3.8) is 0 Å². The number of aromatic nitrogens is 2. The quantitative estimate of drug-likeness (QED) is 0.201. The average Bonchev–Trinajstić information content (AvgIpc) is 3.24. The van der Waals surface area contributed by atoms with Crippen LogP contribution in [-0.4, -0.2) is 21.0 Å². The van der Waals surface area contributed by atoms with Crippen molar-refractivity contribution in [2.75, 3.05) is 0 Å². The monoisotopic (exact) mass is 644 g/mol. The second kappa shape index (κ2) is 9.82. The van der Waals surface area contributed by atoms with Gasteiger partial charge < -0.3 is 5.11 Å². The molecule has 0 unspecified atom stereocenters. The number of para-hydroxylation sites is 1. The van der Waals surface area contributed by atoms with Crippen LogP contribution in [0.4, 0.5) is 0 Å². The first-order chi connectivity index (χ1) is 17.2. The van der Waals surface area contributed by atoms with Crippen molar-refractivity contribution in [3.8, 4) is 33.5 Å². The average molecular weight is 644 g/mol. The molecule has 0 saturated carbocycles. The van der Waals surface area contributed by atoms with Crippen LogP contribution in [0, 0.1) is 6.07 Å². The van der Waals surface area contributed by atoms with E-state index < -0.39 is 5.97 Å². The Morgan fingerprint density at radius 3 is 2.14 bits per heavy atom. The third-order valence-electron chi connectivity index (χ3n) is 6.14. The summed E-state index contributed by atoms with van der Waals surface area (Å²) in [7, 11) is 0. The number of fused-ring (bicyclic) bond motifs is 4. The standard InChI is InChI=1S/C21H12N.C10H7NO2.Ir/c1-2-7-14(8-3-1)20-13-18-16-10-5-4-9-15(16)17-11-6-12-19(22-20)21(17)18;12-10(13)9-6-5-7-3-1-2-4-8(7)11-9;/h1-7,9-13H;1-6H,(H,12,13);/q-1;;. The summed E-state index contributed by atoms with van der Waals surface area (Å²) in [6, 6.07) is 39.1. The number of benzene rings is 4. The third kappa shape index (κ3) is 4.20. The molecule has 36 heavy (non-hydrogen) atoms. The molecule has 4 nitrogen and oxygen atoms in total. The Balaban J connectivity index is 0.000000164. The van der Waals surface area contributed by atoms with E-state index in [1.54, 1.807) is 12.1 Å². The Labute approximate surface area is 221 Å². The first kappa shape index (κ1) is 23.6. The number of hydrogen-bond donors (Lipinski definition) is 1. The predicted molar refractivity (Wildman–Crippen MR) is 139 cm³/mol. The van der Waals surface area contributed by atoms with Crippen molar-refractivity contribution in [2.24, 2.45) is 0 Å². The predicted octanol–water partition coefficient (Wildman–Crippen LogP) is 7.28. The first-order valence-corrected chi connectivity index (χ1v) is 11.3. The summed E-state index contributed by atoms with van der Waals surface area (Å²) >= 11 is 0. The molecule has 0 atom stereocenters. The second-order valence-electron chi connectivity index (χ2n) is 8.27. The van der Waals surface area contributed by atoms with Gasteiger partial charge in [0.25, 0.3) is 0 Å². The van der Waals surface area contributed by atoms with Gasteiger partial charge in [-0.25, -0.2) is 9.78 Å². The van der Waals surface area contributed by atoms with Crippen LogP contribution in [0.25, 0.3) is 55.3 Å². The largest absolute Gasteiger partial charge is 0.477 e. The molecular weight excluding hydrogens is 625 g/mol. The van der Waals surface area contributed by atoms with Gasteiger partial charge >= 0.3 is 5.97 Å². The normalized spacial score (nSPS) is 10.8. The molecule has 0 bridgehead atoms. The molecule has 1 radical (unpaired) electrons. The fourth-order valence-electron chi connectivity index (χ4n) is 4.55. The van der Waals surface area contributed by atoms with E-state index in [-0.39, 0.29) is 25.8 Å². The Kier molecular flexibility index (Phi) is 6.43. The fraction of sp³-hybridized carbons (Fsp3) is 0. The van der Waals surface area contributed by atoms with E-state index in [1.807, 2.05) is 36.4 Å². The summed E-state index contributed by atoms with van der Waals surface area (Å²) in [5.74, 6) is -0.995. The van der Waals surface area contributed by atoms with E-state index in [9.17, 15) is 4.79 Å². The summed E-state index contributed by atoms with van der Waals surface area (Å²) in [6.45, 7) is 0. The van der Waals surface area contributed by atoms with Crippen LogP contribution < -0.4 is 0 Å². The van der Waals surface area contributed by atoms with Crippen LogP contribution >= 0.6 is 0 Å². The van der Waals surface area contributed by atoms with Crippen molar-refractivity contribution in [3.05, 3.63) is 121 Å². The maximum absolute atomic E-state index is 10.6. The number of carbonyl (C=O) groups is 1. The topological polar surface area (TPSA) is 63.1 Å². The molecule has 0 fully saturated rings. The summed E-state index contributed by atoms with van der Waals surface area (Å²) in [5.41, 5.74) is 9.04. The Morgan fingerprint density at radius 2 is 1.36 bits per heavy atom. The third-order valence-corrected chi connectivity index (χ3v) is 6.14. The van der Waals surface area contributed by atoms with E-state index in [0.29, 0.717) is 5.52 Å². The fourth-order valence-corrected chi connectivity index (χ4v) is 4.55. The van der Waals surface area contributed by atoms with Crippen LogP contribution in [0.3, 0.4) is 0 Å². The minimum Gasteiger partial charge on any atom is -0.477 e. The van der Waals surface area contributed by atoms with Crippen molar-refractivity contribution >= 4 is 27.8 Å². The van der Waals surface area contributed by atoms with Gasteiger partial charge in [0.2, 0.25) is 0 Å². The van der Waals surface area contributed by atoms with Crippen LogP contribution in [-0.2, 0) is 20.1 Å². The van der Waals surface area contributed by atoms with Gasteiger partial charge in [-0.15, -0.1) is 35.9 Å². The zero-order valence-corrected chi connectivity index (χ0v) is 21.4. The van der Waals surface area contributed by atoms with Crippen LogP contribution in [0.15, 0.2) is 109 Å². The van der Waals surface area contributed by atoms with Crippen molar-refractivity contribution < 1.29 is 30.0 Å². The van der Waals surface area contributed by atoms with Crippen molar-refractivity contribution in [2.45, 2.75) is 0 Å². The molecule has 0 saturated heterocycles. The van der Waals surface area contributed by atoms with Gasteiger partial charge in [-0.2, -0.15) is 0 Å². The molecule has 0 spiro atoms. The molecule has 1 aliphatic carbocycles. The zero-order chi connectivity index (χ0) is 23.8. The van der Waals surface area contributed by atoms with Gasteiger partial charge in [0.05, 0.1) is 11.0 Å². The van der Waals surface area contributed by atoms with Crippen LogP contribution in [0.1, 0.15) is 10.5 Å². The maximum Gasteiger partial charge on any atom is 0.354 e. The van der Waals surface area contributed by atoms with Crippen LogP contribution in [0.2, 0.25) is 0 Å². The van der Waals surface area contributed by atoms with Gasteiger partial charge in [0.1, 0.15) is 5.69 Å². The van der Waals surface area contributed by atoms with Gasteiger partial charge in [-0.05, 0) is 46.1 Å². The Morgan fingerprint density at radius 1 is 0.667 bits per heavy atom. The summed E-state index contributed by atoms with van der Waals surface area (Å²) in [4.78, 5) is 19.4. The van der Waals surface area contributed by atoms with Crippen LogP contribution in [0.5, 0.6) is 0 Å². The molecule has 0 aliphatic heterocycles. The number of carboxylic acids is 1. The summed E-state index contributed by atoms with van der Waals surface area (Å²) < 4.78 is 0. The minimum atomic E-state index is -0.995. The Bertz CT molecular complexity index is 1730.